The van der Waals surface area contributed by atoms with Crippen LogP contribution in [-0.2, 0) is 4.33 Å². The molecule has 100 valence electrons. The molecule has 2 aromatic rings. The third-order valence-electron chi connectivity index (χ3n) is 2.54. The van der Waals surface area contributed by atoms with Gasteiger partial charge in [-0.3, -0.25) is 0 Å². The van der Waals surface area contributed by atoms with E-state index in [1.807, 2.05) is 0 Å². The molecular formula is C13H6Cl6. The van der Waals surface area contributed by atoms with Crippen LogP contribution in [0, 0.1) is 0 Å². The second-order valence-electron chi connectivity index (χ2n) is 3.82. The largest absolute Gasteiger partial charge is 0.170 e. The van der Waals surface area contributed by atoms with E-state index in [0.29, 0.717) is 31.2 Å². The first-order valence-corrected chi connectivity index (χ1v) is 7.38. The van der Waals surface area contributed by atoms with Gasteiger partial charge in [-0.1, -0.05) is 81.7 Å². The topological polar surface area (TPSA) is 0 Å². The maximum atomic E-state index is 6.41. The lowest BCUT2D eigenvalue weighted by Crippen LogP contribution is -2.13. The van der Waals surface area contributed by atoms with Crippen molar-refractivity contribution in [2.45, 2.75) is 4.33 Å². The molecule has 0 saturated heterocycles. The van der Waals surface area contributed by atoms with Crippen molar-refractivity contribution in [2.75, 3.05) is 0 Å². The average Bonchev–Trinajstić information content (AvgIpc) is 2.27. The molecule has 0 fully saturated rings. The van der Waals surface area contributed by atoms with Crippen molar-refractivity contribution in [2.24, 2.45) is 0 Å². The third-order valence-corrected chi connectivity index (χ3v) is 4.45. The van der Waals surface area contributed by atoms with Gasteiger partial charge in [0.15, 0.2) is 4.33 Å². The van der Waals surface area contributed by atoms with Gasteiger partial charge in [0, 0.05) is 31.2 Å². The van der Waals surface area contributed by atoms with E-state index in [-0.39, 0.29) is 0 Å². The van der Waals surface area contributed by atoms with E-state index in [2.05, 4.69) is 0 Å². The standard InChI is InChI=1S/C13H6Cl6/c14-7-1-3-9(11(16)5-7)13(18,19)10-4-2-8(15)6-12(10)17/h1-6H. The molecule has 0 heterocycles. The zero-order valence-electron chi connectivity index (χ0n) is 9.23. The van der Waals surface area contributed by atoms with Gasteiger partial charge in [0.1, 0.15) is 0 Å². The van der Waals surface area contributed by atoms with Crippen molar-refractivity contribution in [3.05, 3.63) is 67.6 Å². The molecule has 0 bridgehead atoms. The van der Waals surface area contributed by atoms with Gasteiger partial charge in [-0.05, 0) is 24.3 Å². The molecule has 0 aliphatic carbocycles. The first-order chi connectivity index (χ1) is 8.82. The van der Waals surface area contributed by atoms with Crippen LogP contribution in [-0.4, -0.2) is 0 Å². The van der Waals surface area contributed by atoms with Crippen LogP contribution in [0.25, 0.3) is 0 Å². The molecule has 6 heteroatoms. The van der Waals surface area contributed by atoms with Crippen molar-refractivity contribution < 1.29 is 0 Å². The quantitative estimate of drug-likeness (QED) is 0.497. The molecule has 0 aliphatic rings. The SMILES string of the molecule is Clc1ccc(C(Cl)(Cl)c2ccc(Cl)cc2Cl)c(Cl)c1. The summed E-state index contributed by atoms with van der Waals surface area (Å²) in [5.41, 5.74) is 1.01. The summed E-state index contributed by atoms with van der Waals surface area (Å²) in [6.07, 6.45) is 0. The maximum Gasteiger partial charge on any atom is 0.170 e. The predicted molar refractivity (Wildman–Crippen MR) is 85.4 cm³/mol. The van der Waals surface area contributed by atoms with Crippen LogP contribution in [0.2, 0.25) is 20.1 Å². The highest BCUT2D eigenvalue weighted by molar-refractivity contribution is 6.52. The normalized spacial score (nSPS) is 11.7. The monoisotopic (exact) mass is 372 g/mol. The molecule has 0 saturated carbocycles. The van der Waals surface area contributed by atoms with Crippen LogP contribution in [0.4, 0.5) is 0 Å². The molecule has 0 aromatic heterocycles. The van der Waals surface area contributed by atoms with Crippen LogP contribution >= 0.6 is 69.6 Å². The highest BCUT2D eigenvalue weighted by Crippen LogP contribution is 2.47. The number of rotatable bonds is 2. The number of alkyl halides is 2. The Kier molecular flexibility index (Phi) is 4.83. The molecule has 2 rings (SSSR count). The molecule has 0 nitrogen and oxygen atoms in total. The first kappa shape index (κ1) is 15.6. The minimum atomic E-state index is -1.39. The molecule has 0 radical (unpaired) electrons. The van der Waals surface area contributed by atoms with Crippen LogP contribution in [0.3, 0.4) is 0 Å². The fourth-order valence-electron chi connectivity index (χ4n) is 1.63. The van der Waals surface area contributed by atoms with Crippen LogP contribution < -0.4 is 0 Å². The summed E-state index contributed by atoms with van der Waals surface area (Å²) in [5.74, 6) is 0. The van der Waals surface area contributed by atoms with Gasteiger partial charge >= 0.3 is 0 Å². The Morgan fingerprint density at radius 1 is 0.632 bits per heavy atom. The Labute approximate surface area is 141 Å². The summed E-state index contributed by atoms with van der Waals surface area (Å²) < 4.78 is -1.39. The summed E-state index contributed by atoms with van der Waals surface area (Å²) in [4.78, 5) is 0. The molecule has 0 unspecified atom stereocenters. The Balaban J connectivity index is 2.58. The maximum absolute atomic E-state index is 6.41. The first-order valence-electron chi connectivity index (χ1n) is 5.11. The zero-order valence-corrected chi connectivity index (χ0v) is 13.8. The van der Waals surface area contributed by atoms with Gasteiger partial charge < -0.3 is 0 Å². The lowest BCUT2D eigenvalue weighted by Gasteiger charge is -2.23. The Morgan fingerprint density at radius 2 is 1.00 bits per heavy atom. The van der Waals surface area contributed by atoms with Crippen molar-refractivity contribution >= 4 is 69.6 Å². The number of hydrogen-bond acceptors (Lipinski definition) is 0. The van der Waals surface area contributed by atoms with Crippen molar-refractivity contribution in [1.82, 2.24) is 0 Å². The minimum absolute atomic E-state index is 0.364. The van der Waals surface area contributed by atoms with Crippen molar-refractivity contribution in [3.8, 4) is 0 Å². The summed E-state index contributed by atoms with van der Waals surface area (Å²) in [6, 6.07) is 9.78. The second-order valence-corrected chi connectivity index (χ2v) is 6.84. The molecule has 19 heavy (non-hydrogen) atoms. The molecular weight excluding hydrogens is 369 g/mol. The van der Waals surface area contributed by atoms with E-state index in [4.69, 9.17) is 69.6 Å². The molecule has 0 atom stereocenters. The molecule has 0 aliphatic heterocycles. The zero-order chi connectivity index (χ0) is 14.2. The van der Waals surface area contributed by atoms with Crippen LogP contribution in [0.15, 0.2) is 36.4 Å². The Morgan fingerprint density at radius 3 is 1.32 bits per heavy atom. The van der Waals surface area contributed by atoms with E-state index in [1.165, 1.54) is 0 Å². The lowest BCUT2D eigenvalue weighted by atomic mass is 10.0. The third kappa shape index (κ3) is 3.26. The molecule has 0 N–H and O–H groups in total. The molecule has 0 amide bonds. The van der Waals surface area contributed by atoms with E-state index in [9.17, 15) is 0 Å². The number of halogens is 6. The van der Waals surface area contributed by atoms with E-state index in [1.54, 1.807) is 36.4 Å². The average molecular weight is 375 g/mol. The van der Waals surface area contributed by atoms with Crippen molar-refractivity contribution in [1.29, 1.82) is 0 Å². The van der Waals surface area contributed by atoms with Gasteiger partial charge in [0.25, 0.3) is 0 Å². The van der Waals surface area contributed by atoms with Gasteiger partial charge in [-0.15, -0.1) is 0 Å². The summed E-state index contributed by atoms with van der Waals surface area (Å²) >= 11 is 36.8. The van der Waals surface area contributed by atoms with Crippen LogP contribution in [0.1, 0.15) is 11.1 Å². The smallest absolute Gasteiger partial charge is 0.0908 e. The van der Waals surface area contributed by atoms with Crippen LogP contribution in [0.5, 0.6) is 0 Å². The summed E-state index contributed by atoms with van der Waals surface area (Å²) in [6.45, 7) is 0. The predicted octanol–water partition coefficient (Wildman–Crippen LogP) is 6.98. The lowest BCUT2D eigenvalue weighted by molar-refractivity contribution is 1.04. The molecule has 0 spiro atoms. The van der Waals surface area contributed by atoms with Gasteiger partial charge in [-0.2, -0.15) is 0 Å². The van der Waals surface area contributed by atoms with E-state index >= 15 is 0 Å². The summed E-state index contributed by atoms with van der Waals surface area (Å²) in [5, 5.41) is 1.73. The fourth-order valence-corrected chi connectivity index (χ4v) is 3.59. The number of hydrogen-bond donors (Lipinski definition) is 0. The number of benzene rings is 2. The van der Waals surface area contributed by atoms with Gasteiger partial charge in [0.2, 0.25) is 0 Å². The van der Waals surface area contributed by atoms with E-state index in [0.717, 1.165) is 0 Å². The van der Waals surface area contributed by atoms with Gasteiger partial charge in [-0.25, -0.2) is 0 Å². The minimum Gasteiger partial charge on any atom is -0.0908 e. The van der Waals surface area contributed by atoms with Gasteiger partial charge in [0.05, 0.1) is 0 Å². The highest BCUT2D eigenvalue weighted by Gasteiger charge is 2.33. The Bertz CT molecular complexity index is 567. The Hall–Kier alpha value is 0.180. The van der Waals surface area contributed by atoms with E-state index < -0.39 is 4.33 Å². The highest BCUT2D eigenvalue weighted by atomic mass is 35.5. The second kappa shape index (κ2) is 5.89. The fraction of sp³-hybridized carbons (Fsp3) is 0.0769. The van der Waals surface area contributed by atoms with Crippen molar-refractivity contribution in [3.63, 3.8) is 0 Å². The molecule has 2 aromatic carbocycles. The summed E-state index contributed by atoms with van der Waals surface area (Å²) in [7, 11) is 0.